The monoisotopic (exact) mass is 316 g/mol. The molecule has 2 aromatic rings. The third-order valence-corrected chi connectivity index (χ3v) is 3.53. The van der Waals surface area contributed by atoms with Gasteiger partial charge >= 0.3 is 5.97 Å². The molecule has 0 fully saturated rings. The third kappa shape index (κ3) is 4.42. The van der Waals surface area contributed by atoms with Gasteiger partial charge in [0, 0.05) is 11.6 Å². The molecule has 0 aliphatic heterocycles. The number of unbranched alkanes of at least 4 members (excludes halogenated alkanes) is 1. The fraction of sp³-hybridized carbons (Fsp3) is 0.353. The lowest BCUT2D eigenvalue weighted by molar-refractivity contribution is -0.139. The van der Waals surface area contributed by atoms with Gasteiger partial charge in [0.25, 0.3) is 5.91 Å². The van der Waals surface area contributed by atoms with E-state index in [9.17, 15) is 9.59 Å². The third-order valence-electron chi connectivity index (χ3n) is 3.53. The Morgan fingerprint density at radius 1 is 1.30 bits per heavy atom. The predicted octanol–water partition coefficient (Wildman–Crippen LogP) is 3.02. The fourth-order valence-electron chi connectivity index (χ4n) is 2.14. The minimum Gasteiger partial charge on any atom is -0.480 e. The maximum Gasteiger partial charge on any atom is 0.326 e. The molecule has 1 atom stereocenters. The number of rotatable bonds is 7. The van der Waals surface area contributed by atoms with Crippen LogP contribution in [0.3, 0.4) is 0 Å². The molecule has 6 nitrogen and oxygen atoms in total. The molecule has 0 aliphatic carbocycles. The summed E-state index contributed by atoms with van der Waals surface area (Å²) >= 11 is 0. The van der Waals surface area contributed by atoms with E-state index in [-0.39, 0.29) is 5.76 Å². The zero-order chi connectivity index (χ0) is 16.8. The summed E-state index contributed by atoms with van der Waals surface area (Å²) in [6, 6.07) is 8.24. The lowest BCUT2D eigenvalue weighted by atomic mass is 10.1. The number of hydrogen-bond acceptors (Lipinski definition) is 4. The van der Waals surface area contributed by atoms with Crippen molar-refractivity contribution >= 4 is 11.9 Å². The molecular formula is C17H20N2O4. The smallest absolute Gasteiger partial charge is 0.326 e. The van der Waals surface area contributed by atoms with Crippen molar-refractivity contribution < 1.29 is 19.2 Å². The van der Waals surface area contributed by atoms with E-state index < -0.39 is 17.9 Å². The summed E-state index contributed by atoms with van der Waals surface area (Å²) in [6.45, 7) is 3.94. The zero-order valence-corrected chi connectivity index (χ0v) is 13.2. The van der Waals surface area contributed by atoms with E-state index in [0.717, 1.165) is 24.0 Å². The van der Waals surface area contributed by atoms with Gasteiger partial charge in [-0.05, 0) is 13.3 Å². The Kier molecular flexibility index (Phi) is 5.51. The Morgan fingerprint density at radius 3 is 2.61 bits per heavy atom. The number of carboxylic acids is 1. The van der Waals surface area contributed by atoms with Gasteiger partial charge in [-0.15, -0.1) is 0 Å². The number of carbonyl (C=O) groups excluding carboxylic acids is 1. The average Bonchev–Trinajstić information content (AvgIpc) is 3.01. The van der Waals surface area contributed by atoms with Crippen molar-refractivity contribution in [1.29, 1.82) is 0 Å². The second-order valence-corrected chi connectivity index (χ2v) is 5.45. The number of aliphatic carboxylic acids is 1. The summed E-state index contributed by atoms with van der Waals surface area (Å²) in [5.74, 6) is -1.62. The maximum absolute atomic E-state index is 12.1. The number of carboxylic acid groups (broad SMARTS) is 1. The lowest BCUT2D eigenvalue weighted by Crippen LogP contribution is -2.40. The van der Waals surface area contributed by atoms with E-state index in [2.05, 4.69) is 10.5 Å². The van der Waals surface area contributed by atoms with Gasteiger partial charge < -0.3 is 14.9 Å². The summed E-state index contributed by atoms with van der Waals surface area (Å²) in [6.07, 6.45) is 1.97. The minimum atomic E-state index is -1.05. The molecule has 2 N–H and O–H groups in total. The quantitative estimate of drug-likeness (QED) is 0.819. The molecule has 0 radical (unpaired) electrons. The summed E-state index contributed by atoms with van der Waals surface area (Å²) in [7, 11) is 0. The van der Waals surface area contributed by atoms with Gasteiger partial charge in [-0.25, -0.2) is 4.79 Å². The fourth-order valence-corrected chi connectivity index (χ4v) is 2.14. The summed E-state index contributed by atoms with van der Waals surface area (Å²) in [5.41, 5.74) is 2.49. The SMILES string of the molecule is CCCCC(NC(=O)c1cc(-c2ccc(C)cc2)no1)C(=O)O. The van der Waals surface area contributed by atoms with Crippen LogP contribution in [0.5, 0.6) is 0 Å². The highest BCUT2D eigenvalue weighted by molar-refractivity contribution is 5.95. The molecular weight excluding hydrogens is 296 g/mol. The highest BCUT2D eigenvalue weighted by Crippen LogP contribution is 2.19. The van der Waals surface area contributed by atoms with E-state index >= 15 is 0 Å². The van der Waals surface area contributed by atoms with Crippen molar-refractivity contribution in [3.8, 4) is 11.3 Å². The van der Waals surface area contributed by atoms with Crippen molar-refractivity contribution in [1.82, 2.24) is 10.5 Å². The van der Waals surface area contributed by atoms with Crippen molar-refractivity contribution in [3.05, 3.63) is 41.7 Å². The maximum atomic E-state index is 12.1. The van der Waals surface area contributed by atoms with Crippen LogP contribution in [0.1, 0.15) is 42.3 Å². The van der Waals surface area contributed by atoms with Crippen LogP contribution in [0.2, 0.25) is 0 Å². The van der Waals surface area contributed by atoms with E-state index in [1.807, 2.05) is 38.1 Å². The largest absolute Gasteiger partial charge is 0.480 e. The Morgan fingerprint density at radius 2 is 2.00 bits per heavy atom. The number of nitrogens with zero attached hydrogens (tertiary/aromatic N) is 1. The van der Waals surface area contributed by atoms with Gasteiger partial charge in [0.15, 0.2) is 0 Å². The Hall–Kier alpha value is -2.63. The van der Waals surface area contributed by atoms with Gasteiger partial charge in [0.05, 0.1) is 0 Å². The van der Waals surface area contributed by atoms with Crippen molar-refractivity contribution in [3.63, 3.8) is 0 Å². The van der Waals surface area contributed by atoms with Crippen LogP contribution in [0.25, 0.3) is 11.3 Å². The lowest BCUT2D eigenvalue weighted by Gasteiger charge is -2.12. The predicted molar refractivity (Wildman–Crippen MR) is 85.1 cm³/mol. The van der Waals surface area contributed by atoms with Crippen LogP contribution in [0, 0.1) is 6.92 Å². The molecule has 23 heavy (non-hydrogen) atoms. The number of nitrogens with one attached hydrogen (secondary N) is 1. The molecule has 1 aromatic heterocycles. The molecule has 0 spiro atoms. The summed E-state index contributed by atoms with van der Waals surface area (Å²) in [5, 5.41) is 15.5. The zero-order valence-electron chi connectivity index (χ0n) is 13.2. The molecule has 0 saturated carbocycles. The van der Waals surface area contributed by atoms with Gasteiger partial charge in [0.2, 0.25) is 5.76 Å². The second-order valence-electron chi connectivity index (χ2n) is 5.45. The molecule has 0 bridgehead atoms. The molecule has 1 heterocycles. The van der Waals surface area contributed by atoms with Gasteiger partial charge in [-0.3, -0.25) is 4.79 Å². The van der Waals surface area contributed by atoms with Crippen LogP contribution in [-0.2, 0) is 4.79 Å². The van der Waals surface area contributed by atoms with Crippen molar-refractivity contribution in [2.24, 2.45) is 0 Å². The standard InChI is InChI=1S/C17H20N2O4/c1-3-4-5-13(17(21)22)18-16(20)15-10-14(19-23-15)12-8-6-11(2)7-9-12/h6-10,13H,3-5H2,1-2H3,(H,18,20)(H,21,22). The van der Waals surface area contributed by atoms with Crippen LogP contribution >= 0.6 is 0 Å². The van der Waals surface area contributed by atoms with Crippen LogP contribution in [-0.4, -0.2) is 28.2 Å². The first-order valence-electron chi connectivity index (χ1n) is 7.58. The van der Waals surface area contributed by atoms with E-state index in [1.54, 1.807) is 0 Å². The minimum absolute atomic E-state index is 0.00308. The normalized spacial score (nSPS) is 11.9. The van der Waals surface area contributed by atoms with Crippen LogP contribution < -0.4 is 5.32 Å². The highest BCUT2D eigenvalue weighted by Gasteiger charge is 2.22. The van der Waals surface area contributed by atoms with Gasteiger partial charge in [0.1, 0.15) is 11.7 Å². The van der Waals surface area contributed by atoms with E-state index in [4.69, 9.17) is 9.63 Å². The Bertz CT molecular complexity index is 676. The topological polar surface area (TPSA) is 92.4 Å². The van der Waals surface area contributed by atoms with Crippen LogP contribution in [0.15, 0.2) is 34.9 Å². The first kappa shape index (κ1) is 16.7. The summed E-state index contributed by atoms with van der Waals surface area (Å²) < 4.78 is 5.04. The van der Waals surface area contributed by atoms with Gasteiger partial charge in [-0.2, -0.15) is 0 Å². The second kappa shape index (κ2) is 7.58. The molecule has 1 amide bonds. The molecule has 122 valence electrons. The van der Waals surface area contributed by atoms with Crippen molar-refractivity contribution in [2.75, 3.05) is 0 Å². The molecule has 2 rings (SSSR count). The number of amides is 1. The number of carbonyl (C=O) groups is 2. The first-order valence-corrected chi connectivity index (χ1v) is 7.58. The number of hydrogen-bond donors (Lipinski definition) is 2. The molecule has 0 aliphatic rings. The number of aromatic nitrogens is 1. The number of aryl methyl sites for hydroxylation is 1. The van der Waals surface area contributed by atoms with E-state index in [0.29, 0.717) is 12.1 Å². The summed E-state index contributed by atoms with van der Waals surface area (Å²) in [4.78, 5) is 23.3. The average molecular weight is 316 g/mol. The first-order chi connectivity index (χ1) is 11.0. The Balaban J connectivity index is 2.08. The number of benzene rings is 1. The Labute approximate surface area is 134 Å². The van der Waals surface area contributed by atoms with E-state index in [1.165, 1.54) is 6.07 Å². The molecule has 1 aromatic carbocycles. The molecule has 1 unspecified atom stereocenters. The molecule has 6 heteroatoms. The van der Waals surface area contributed by atoms with Gasteiger partial charge in [-0.1, -0.05) is 54.8 Å². The highest BCUT2D eigenvalue weighted by atomic mass is 16.5. The molecule has 0 saturated heterocycles. The van der Waals surface area contributed by atoms with Crippen LogP contribution in [0.4, 0.5) is 0 Å². The van der Waals surface area contributed by atoms with Crippen molar-refractivity contribution in [2.45, 2.75) is 39.2 Å².